The highest BCUT2D eigenvalue weighted by Gasteiger charge is 2.84. The van der Waals surface area contributed by atoms with E-state index < -0.39 is 33.9 Å². The van der Waals surface area contributed by atoms with Crippen LogP contribution < -0.4 is 0 Å². The van der Waals surface area contributed by atoms with Gasteiger partial charge in [0.2, 0.25) is 0 Å². The molecule has 12 unspecified atom stereocenters. The van der Waals surface area contributed by atoms with E-state index in [1.165, 1.54) is 22.3 Å². The second kappa shape index (κ2) is 15.9. The van der Waals surface area contributed by atoms with Gasteiger partial charge in [-0.25, -0.2) is 0 Å². The second-order valence-corrected chi connectivity index (χ2v) is 23.6. The lowest BCUT2D eigenvalue weighted by atomic mass is 9.53. The third-order valence-electron chi connectivity index (χ3n) is 20.9. The van der Waals surface area contributed by atoms with Gasteiger partial charge in [0.15, 0.2) is 11.6 Å². The van der Waals surface area contributed by atoms with E-state index in [0.717, 1.165) is 77.6 Å². The molecule has 380 valence electrons. The van der Waals surface area contributed by atoms with E-state index in [9.17, 15) is 0 Å². The molecule has 18 rings (SSSR count). The molecule has 8 aliphatic rings. The highest BCUT2D eigenvalue weighted by molar-refractivity contribution is 6.31. The minimum Gasteiger partial charge on any atom is -0.365 e. The summed E-state index contributed by atoms with van der Waals surface area (Å²) in [6, 6.07) is 94.8. The summed E-state index contributed by atoms with van der Waals surface area (Å²) in [6.07, 6.45) is -1.51. The SMILES string of the molecule is O=C1C2(c3ccccc3)C(c3ccccc3)=C(c3ccccc3)C1(c1ccccc1)C1C3OC(c4ccc5c6c(ccc5c43)C3OC6C4C3C3(c5ccccc5)C(=O)C4(c4ccccc4)C(c4ccccc4)=C3c3ccccc3)C12. The molecule has 0 radical (unpaired) electrons. The lowest BCUT2D eigenvalue weighted by Gasteiger charge is -2.46. The monoisotopic (exact) mass is 1030 g/mol. The second-order valence-electron chi connectivity index (χ2n) is 23.6. The van der Waals surface area contributed by atoms with E-state index in [2.05, 4.69) is 267 Å². The highest BCUT2D eigenvalue weighted by Crippen LogP contribution is 2.84. The maximum atomic E-state index is 17.1. The van der Waals surface area contributed by atoms with Crippen LogP contribution in [0, 0.1) is 23.7 Å². The Kier molecular flexibility index (Phi) is 8.99. The molecule has 0 aromatic heterocycles. The van der Waals surface area contributed by atoms with Gasteiger partial charge in [-0.3, -0.25) is 9.59 Å². The van der Waals surface area contributed by atoms with Crippen LogP contribution in [0.5, 0.6) is 0 Å². The van der Waals surface area contributed by atoms with Crippen LogP contribution in [-0.4, -0.2) is 11.6 Å². The van der Waals surface area contributed by atoms with Crippen LogP contribution in [0.1, 0.15) is 91.2 Å². The topological polar surface area (TPSA) is 52.6 Å². The van der Waals surface area contributed by atoms with Crippen LogP contribution in [0.15, 0.2) is 267 Å². The molecule has 80 heavy (non-hydrogen) atoms. The summed E-state index contributed by atoms with van der Waals surface area (Å²) in [6.45, 7) is 0. The van der Waals surface area contributed by atoms with E-state index in [4.69, 9.17) is 9.47 Å². The van der Waals surface area contributed by atoms with Gasteiger partial charge in [-0.2, -0.15) is 0 Å². The van der Waals surface area contributed by atoms with Gasteiger partial charge in [0.1, 0.15) is 0 Å². The van der Waals surface area contributed by atoms with Crippen molar-refractivity contribution in [2.45, 2.75) is 46.1 Å². The van der Waals surface area contributed by atoms with Gasteiger partial charge in [-0.1, -0.05) is 267 Å². The van der Waals surface area contributed by atoms with Crippen LogP contribution >= 0.6 is 0 Å². The fourth-order valence-corrected chi connectivity index (χ4v) is 18.8. The molecule has 12 atom stereocenters. The average Bonchev–Trinajstić information content (AvgIpc) is 2.54. The maximum absolute atomic E-state index is 17.1. The third kappa shape index (κ3) is 5.02. The van der Waals surface area contributed by atoms with E-state index in [1.807, 2.05) is 0 Å². The smallest absolute Gasteiger partial charge is 0.163 e. The lowest BCUT2D eigenvalue weighted by Crippen LogP contribution is -2.43. The molecule has 8 bridgehead atoms. The van der Waals surface area contributed by atoms with Crippen LogP contribution in [-0.2, 0) is 40.7 Å². The zero-order valence-corrected chi connectivity index (χ0v) is 43.7. The molecule has 4 heterocycles. The molecule has 4 fully saturated rings. The van der Waals surface area contributed by atoms with Crippen LogP contribution in [0.25, 0.3) is 33.1 Å². The van der Waals surface area contributed by atoms with Gasteiger partial charge in [-0.05, 0) is 99.8 Å². The van der Waals surface area contributed by atoms with Crippen LogP contribution in [0.3, 0.4) is 0 Å². The van der Waals surface area contributed by atoms with Gasteiger partial charge in [0.25, 0.3) is 0 Å². The molecule has 4 nitrogen and oxygen atoms in total. The van der Waals surface area contributed by atoms with Crippen molar-refractivity contribution in [2.75, 3.05) is 0 Å². The van der Waals surface area contributed by atoms with Gasteiger partial charge >= 0.3 is 0 Å². The first-order chi connectivity index (χ1) is 39.6. The van der Waals surface area contributed by atoms with E-state index in [1.54, 1.807) is 0 Å². The summed E-state index contributed by atoms with van der Waals surface area (Å²) in [5.74, 6) is -0.406. The Bertz CT molecular complexity index is 4030. The molecular formula is C76H52O4. The number of rotatable bonds is 8. The fraction of sp³-hybridized carbons (Fsp3) is 0.158. The van der Waals surface area contributed by atoms with Gasteiger partial charge in [0.05, 0.1) is 46.1 Å². The fourth-order valence-electron chi connectivity index (χ4n) is 18.8. The Balaban J connectivity index is 0.890. The predicted octanol–water partition coefficient (Wildman–Crippen LogP) is 15.7. The van der Waals surface area contributed by atoms with E-state index in [-0.39, 0.29) is 47.4 Å². The lowest BCUT2D eigenvalue weighted by molar-refractivity contribution is -0.126. The number of carbonyl (C=O) groups is 2. The Morgan fingerprint density at radius 1 is 0.250 bits per heavy atom. The van der Waals surface area contributed by atoms with Crippen molar-refractivity contribution in [3.05, 3.63) is 334 Å². The number of ether oxygens (including phenoxy) is 2. The first-order valence-corrected chi connectivity index (χ1v) is 28.5. The summed E-state index contributed by atoms with van der Waals surface area (Å²) in [5, 5.41) is 2.29. The van der Waals surface area contributed by atoms with Crippen molar-refractivity contribution in [3.63, 3.8) is 0 Å². The van der Waals surface area contributed by atoms with Crippen molar-refractivity contribution in [3.8, 4) is 0 Å². The van der Waals surface area contributed by atoms with Crippen molar-refractivity contribution >= 4 is 44.6 Å². The molecule has 2 saturated carbocycles. The third-order valence-corrected chi connectivity index (χ3v) is 20.9. The van der Waals surface area contributed by atoms with Gasteiger partial charge in [0, 0.05) is 23.7 Å². The summed E-state index contributed by atoms with van der Waals surface area (Å²) < 4.78 is 15.4. The van der Waals surface area contributed by atoms with Gasteiger partial charge in [-0.15, -0.1) is 0 Å². The quantitative estimate of drug-likeness (QED) is 0.152. The minimum atomic E-state index is -1.06. The summed E-state index contributed by atoms with van der Waals surface area (Å²) >= 11 is 0. The molecule has 4 heteroatoms. The molecular weight excluding hydrogens is 977 g/mol. The molecule has 0 amide bonds. The molecule has 4 aliphatic carbocycles. The summed E-state index contributed by atoms with van der Waals surface area (Å²) in [7, 11) is 0. The number of hydrogen-bond acceptors (Lipinski definition) is 4. The molecule has 4 aliphatic heterocycles. The van der Waals surface area contributed by atoms with Crippen molar-refractivity contribution < 1.29 is 19.1 Å². The zero-order chi connectivity index (χ0) is 52.7. The first kappa shape index (κ1) is 45.1. The Labute approximate surface area is 464 Å². The largest absolute Gasteiger partial charge is 0.365 e. The molecule has 0 spiro atoms. The number of hydrogen-bond donors (Lipinski definition) is 0. The predicted molar refractivity (Wildman–Crippen MR) is 313 cm³/mol. The van der Waals surface area contributed by atoms with E-state index >= 15 is 9.59 Å². The number of ketones is 2. The number of benzene rings is 10. The normalized spacial score (nSPS) is 31.3. The number of carbonyl (C=O) groups excluding carboxylic acids is 2. The zero-order valence-electron chi connectivity index (χ0n) is 43.7. The minimum absolute atomic E-state index is 0.202. The van der Waals surface area contributed by atoms with Crippen molar-refractivity contribution in [2.24, 2.45) is 23.7 Å². The standard InChI is InChI=1S/C76H52O4/c77-71-73(49-33-17-5-18-34-49)59(45-25-9-1-10-26-45)61(47-29-13-3-14-30-47)75(71,51-37-21-7-22-38-51)65-63(73)67-55-43-41-54-53(57(55)69(65)79-67)42-44-56-58(54)70-66-64(68(56)80-70)74(50-35-19-6-20-36-50)60(46-27-11-2-12-28-46)62(48-31-15-4-16-32-48)76(66,72(74)78)52-39-23-8-24-40-52/h1-44,63-70H. The molecule has 2 saturated heterocycles. The number of Topliss-reactive ketones (excluding diaryl/α,β-unsaturated/α-hetero) is 2. The highest BCUT2D eigenvalue weighted by atomic mass is 16.5. The van der Waals surface area contributed by atoms with Crippen LogP contribution in [0.2, 0.25) is 0 Å². The maximum Gasteiger partial charge on any atom is 0.163 e. The number of fused-ring (bicyclic) bond motifs is 27. The number of allylic oxidation sites excluding steroid dienone is 4. The molecule has 10 aromatic carbocycles. The van der Waals surface area contributed by atoms with Crippen LogP contribution in [0.4, 0.5) is 0 Å². The Hall–Kier alpha value is -8.80. The van der Waals surface area contributed by atoms with Crippen molar-refractivity contribution in [1.29, 1.82) is 0 Å². The summed E-state index contributed by atoms with van der Waals surface area (Å²) in [5.41, 5.74) is 13.1. The Morgan fingerprint density at radius 3 is 0.725 bits per heavy atom. The van der Waals surface area contributed by atoms with Crippen molar-refractivity contribution in [1.82, 2.24) is 0 Å². The van der Waals surface area contributed by atoms with E-state index in [0.29, 0.717) is 0 Å². The molecule has 0 N–H and O–H groups in total. The Morgan fingerprint density at radius 2 is 0.475 bits per heavy atom. The first-order valence-electron chi connectivity index (χ1n) is 28.5. The summed E-state index contributed by atoms with van der Waals surface area (Å²) in [4.78, 5) is 34.3. The van der Waals surface area contributed by atoms with Gasteiger partial charge < -0.3 is 9.47 Å². The molecule has 10 aromatic rings. The average molecular weight is 1030 g/mol.